The monoisotopic (exact) mass is 455 g/mol. The Kier molecular flexibility index (Phi) is 16.4. The predicted octanol–water partition coefficient (Wildman–Crippen LogP) is 0.781. The standard InChI is InChI=1S/C18H29N5O2.3ClH/c1-2-22-7-9-23(10-8-22)14-16-5-3-15(4-6-16)12-20-18(25)13-21-17(24)11-19;;;/h3-6H,2,7-14,19H2,1H3,(H,20,25)(H,21,24);3*1H. The maximum absolute atomic E-state index is 11.6. The minimum absolute atomic E-state index is 0. The highest BCUT2D eigenvalue weighted by molar-refractivity contribution is 5.86. The van der Waals surface area contributed by atoms with Crippen molar-refractivity contribution in [3.63, 3.8) is 0 Å². The molecule has 1 aromatic carbocycles. The second-order valence-corrected chi connectivity index (χ2v) is 6.28. The van der Waals surface area contributed by atoms with Crippen LogP contribution in [0.4, 0.5) is 0 Å². The molecule has 0 bridgehead atoms. The van der Waals surface area contributed by atoms with E-state index in [1.807, 2.05) is 12.1 Å². The molecule has 10 heteroatoms. The summed E-state index contributed by atoms with van der Waals surface area (Å²) in [7, 11) is 0. The molecule has 1 aliphatic rings. The topological polar surface area (TPSA) is 90.7 Å². The lowest BCUT2D eigenvalue weighted by molar-refractivity contribution is -0.125. The number of rotatable bonds is 8. The van der Waals surface area contributed by atoms with Crippen LogP contribution in [-0.2, 0) is 22.7 Å². The number of hydrogen-bond acceptors (Lipinski definition) is 5. The van der Waals surface area contributed by atoms with E-state index in [1.165, 1.54) is 5.56 Å². The molecule has 1 saturated heterocycles. The first-order valence-corrected chi connectivity index (χ1v) is 8.86. The molecule has 0 unspecified atom stereocenters. The molecule has 7 nitrogen and oxygen atoms in total. The average molecular weight is 457 g/mol. The molecule has 0 radical (unpaired) electrons. The Balaban J connectivity index is 0. The third kappa shape index (κ3) is 10.5. The highest BCUT2D eigenvalue weighted by Crippen LogP contribution is 2.10. The number of nitrogens with two attached hydrogens (primary N) is 1. The molecule has 0 atom stereocenters. The van der Waals surface area contributed by atoms with Gasteiger partial charge in [-0.15, -0.1) is 37.2 Å². The Hall–Kier alpha value is -1.09. The van der Waals surface area contributed by atoms with Crippen LogP contribution in [0.5, 0.6) is 0 Å². The van der Waals surface area contributed by atoms with E-state index < -0.39 is 0 Å². The zero-order chi connectivity index (χ0) is 18.1. The quantitative estimate of drug-likeness (QED) is 0.538. The van der Waals surface area contributed by atoms with Crippen LogP contribution >= 0.6 is 37.2 Å². The molecule has 1 heterocycles. The van der Waals surface area contributed by atoms with Crippen LogP contribution in [0.3, 0.4) is 0 Å². The maximum atomic E-state index is 11.6. The molecule has 28 heavy (non-hydrogen) atoms. The fourth-order valence-corrected chi connectivity index (χ4v) is 2.80. The van der Waals surface area contributed by atoms with Gasteiger partial charge in [-0.1, -0.05) is 31.2 Å². The second-order valence-electron chi connectivity index (χ2n) is 6.28. The van der Waals surface area contributed by atoms with E-state index in [1.54, 1.807) is 0 Å². The average Bonchev–Trinajstić information content (AvgIpc) is 2.66. The van der Waals surface area contributed by atoms with Crippen LogP contribution in [0.25, 0.3) is 0 Å². The lowest BCUT2D eigenvalue weighted by Gasteiger charge is -2.34. The van der Waals surface area contributed by atoms with Crippen molar-refractivity contribution in [2.45, 2.75) is 20.0 Å². The molecule has 162 valence electrons. The summed E-state index contributed by atoms with van der Waals surface area (Å²) >= 11 is 0. The Morgan fingerprint density at radius 3 is 1.96 bits per heavy atom. The highest BCUT2D eigenvalue weighted by atomic mass is 35.5. The summed E-state index contributed by atoms with van der Waals surface area (Å²) in [5.41, 5.74) is 7.50. The lowest BCUT2D eigenvalue weighted by Crippen LogP contribution is -2.45. The highest BCUT2D eigenvalue weighted by Gasteiger charge is 2.15. The van der Waals surface area contributed by atoms with E-state index in [0.29, 0.717) is 6.54 Å². The fourth-order valence-electron chi connectivity index (χ4n) is 2.80. The van der Waals surface area contributed by atoms with Gasteiger partial charge in [0.1, 0.15) is 0 Å². The fraction of sp³-hybridized carbons (Fsp3) is 0.556. The summed E-state index contributed by atoms with van der Waals surface area (Å²) in [6, 6.07) is 8.31. The van der Waals surface area contributed by atoms with Crippen molar-refractivity contribution >= 4 is 49.0 Å². The summed E-state index contributed by atoms with van der Waals surface area (Å²) in [5.74, 6) is -0.557. The molecule has 0 spiro atoms. The van der Waals surface area contributed by atoms with Crippen molar-refractivity contribution in [3.05, 3.63) is 35.4 Å². The number of likely N-dealkylation sites (N-methyl/N-ethyl adjacent to an activating group) is 1. The molecule has 2 amide bonds. The van der Waals surface area contributed by atoms with Crippen LogP contribution < -0.4 is 16.4 Å². The normalized spacial score (nSPS) is 14.1. The first kappa shape index (κ1) is 29.1. The number of nitrogens with one attached hydrogen (secondary N) is 2. The first-order chi connectivity index (χ1) is 12.1. The molecule has 1 fully saturated rings. The number of hydrogen-bond donors (Lipinski definition) is 3. The van der Waals surface area contributed by atoms with Crippen LogP contribution in [-0.4, -0.2) is 67.4 Å². The van der Waals surface area contributed by atoms with Gasteiger partial charge >= 0.3 is 0 Å². The summed E-state index contributed by atoms with van der Waals surface area (Å²) in [6.07, 6.45) is 0. The Bertz CT molecular complexity index is 567. The van der Waals surface area contributed by atoms with Crippen LogP contribution in [0, 0.1) is 0 Å². The van der Waals surface area contributed by atoms with Crippen molar-refractivity contribution in [1.29, 1.82) is 0 Å². The molecular weight excluding hydrogens is 425 g/mol. The van der Waals surface area contributed by atoms with E-state index >= 15 is 0 Å². The summed E-state index contributed by atoms with van der Waals surface area (Å²) < 4.78 is 0. The van der Waals surface area contributed by atoms with Crippen molar-refractivity contribution < 1.29 is 9.59 Å². The van der Waals surface area contributed by atoms with E-state index in [0.717, 1.165) is 44.8 Å². The minimum Gasteiger partial charge on any atom is -0.350 e. The van der Waals surface area contributed by atoms with Gasteiger partial charge < -0.3 is 21.3 Å². The van der Waals surface area contributed by atoms with Crippen molar-refractivity contribution in [3.8, 4) is 0 Å². The van der Waals surface area contributed by atoms with Gasteiger partial charge in [-0.25, -0.2) is 0 Å². The van der Waals surface area contributed by atoms with Gasteiger partial charge in [-0.2, -0.15) is 0 Å². The zero-order valence-corrected chi connectivity index (χ0v) is 18.6. The lowest BCUT2D eigenvalue weighted by atomic mass is 10.1. The molecular formula is C18H32Cl3N5O2. The Morgan fingerprint density at radius 1 is 0.893 bits per heavy atom. The van der Waals surface area contributed by atoms with E-state index in [4.69, 9.17) is 5.73 Å². The Labute approximate surface area is 186 Å². The van der Waals surface area contributed by atoms with Crippen molar-refractivity contribution in [2.24, 2.45) is 5.73 Å². The summed E-state index contributed by atoms with van der Waals surface area (Å²) in [5, 5.41) is 5.23. The molecule has 2 rings (SSSR count). The number of carbonyl (C=O) groups excluding carboxylic acids is 2. The van der Waals surface area contributed by atoms with Gasteiger partial charge in [0.2, 0.25) is 11.8 Å². The number of carbonyl (C=O) groups is 2. The van der Waals surface area contributed by atoms with E-state index in [9.17, 15) is 9.59 Å². The van der Waals surface area contributed by atoms with Gasteiger partial charge in [-0.05, 0) is 17.7 Å². The number of piperazine rings is 1. The van der Waals surface area contributed by atoms with E-state index in [2.05, 4.69) is 39.5 Å². The van der Waals surface area contributed by atoms with E-state index in [-0.39, 0.29) is 62.1 Å². The number of benzene rings is 1. The SMILES string of the molecule is CCN1CCN(Cc2ccc(CNC(=O)CNC(=O)CN)cc2)CC1.Cl.Cl.Cl. The summed E-state index contributed by atoms with van der Waals surface area (Å²) in [6.45, 7) is 9.11. The third-order valence-corrected chi connectivity index (χ3v) is 4.46. The Morgan fingerprint density at radius 2 is 1.43 bits per heavy atom. The molecule has 0 aromatic heterocycles. The predicted molar refractivity (Wildman–Crippen MR) is 119 cm³/mol. The number of halogens is 3. The molecule has 0 aliphatic carbocycles. The van der Waals surface area contributed by atoms with Crippen LogP contribution in [0.2, 0.25) is 0 Å². The largest absolute Gasteiger partial charge is 0.350 e. The van der Waals surface area contributed by atoms with Crippen molar-refractivity contribution in [2.75, 3.05) is 45.8 Å². The smallest absolute Gasteiger partial charge is 0.239 e. The molecule has 1 aliphatic heterocycles. The van der Waals surface area contributed by atoms with Gasteiger partial charge in [0.25, 0.3) is 0 Å². The minimum atomic E-state index is -0.334. The molecule has 4 N–H and O–H groups in total. The number of amides is 2. The van der Waals surface area contributed by atoms with Gasteiger partial charge in [0.05, 0.1) is 13.1 Å². The zero-order valence-electron chi connectivity index (χ0n) is 16.2. The number of nitrogens with zero attached hydrogens (tertiary/aromatic N) is 2. The summed E-state index contributed by atoms with van der Waals surface area (Å²) in [4.78, 5) is 27.6. The van der Waals surface area contributed by atoms with Crippen molar-refractivity contribution in [1.82, 2.24) is 20.4 Å². The first-order valence-electron chi connectivity index (χ1n) is 8.86. The second kappa shape index (κ2) is 15.8. The molecule has 1 aromatic rings. The van der Waals surface area contributed by atoms with Crippen LogP contribution in [0.1, 0.15) is 18.1 Å². The van der Waals surface area contributed by atoms with Gasteiger partial charge in [0, 0.05) is 39.3 Å². The van der Waals surface area contributed by atoms with Crippen LogP contribution in [0.15, 0.2) is 24.3 Å². The van der Waals surface area contributed by atoms with Gasteiger partial charge in [0.15, 0.2) is 0 Å². The van der Waals surface area contributed by atoms with Gasteiger partial charge in [-0.3, -0.25) is 14.5 Å². The third-order valence-electron chi connectivity index (χ3n) is 4.46. The molecule has 0 saturated carbocycles. The maximum Gasteiger partial charge on any atom is 0.239 e.